The number of anilines is 4. The summed E-state index contributed by atoms with van der Waals surface area (Å²) >= 11 is 0. The minimum absolute atomic E-state index is 0.141. The number of hydrogen-bond acceptors (Lipinski definition) is 2. The Kier molecular flexibility index (Phi) is 13.8. The maximum Gasteiger partial charge on any atom is 0.0461 e. The molecule has 0 spiro atoms. The molecular weight excluding hydrogens is 857 g/mol. The minimum Gasteiger partial charge on any atom is -0.317 e. The summed E-state index contributed by atoms with van der Waals surface area (Å²) in [7, 11) is 0. The summed E-state index contributed by atoms with van der Waals surface area (Å²) in [5, 5.41) is 0. The lowest BCUT2D eigenvalue weighted by atomic mass is 9.80. The molecule has 0 amide bonds. The molecule has 3 aliphatic carbocycles. The number of fused-ring (bicyclic) bond motifs is 4. The Bertz CT molecular complexity index is 3260. The van der Waals surface area contributed by atoms with Crippen LogP contribution in [0.25, 0.3) is 33.4 Å². The standard InChI is InChI=1S/C69H70N2/c1-12-48(5)25-27-50(7)54-33-40-62-63-41-38-59(46-67(63)69(10,11)66(62)45-54)71(57-22-18-15-19-23-57)58-36-30-52(31-37-58)51-28-34-56(35-29-51)70(55-20-16-14-17-21-55)43-42-64-60(13-2)61-39-32-53(44-65(61)68(64,8)9)49(6)26-24-47(3)4/h13-30,32-36,38-46H,2,12,31,37H2,1,3-11H3/b43-42+,48-25-,49-26+,50-27+. The van der Waals surface area contributed by atoms with Crippen LogP contribution < -0.4 is 9.80 Å². The molecule has 2 heteroatoms. The van der Waals surface area contributed by atoms with Crippen molar-refractivity contribution in [2.75, 3.05) is 9.80 Å². The molecule has 0 saturated carbocycles. The smallest absolute Gasteiger partial charge is 0.0461 e. The topological polar surface area (TPSA) is 6.48 Å². The number of hydrogen-bond donors (Lipinski definition) is 0. The Hall–Kier alpha value is -7.42. The first-order valence-corrected chi connectivity index (χ1v) is 25.6. The van der Waals surface area contributed by atoms with Crippen molar-refractivity contribution in [1.82, 2.24) is 0 Å². The van der Waals surface area contributed by atoms with E-state index in [0.717, 1.165) is 30.6 Å². The Morgan fingerprint density at radius 1 is 0.549 bits per heavy atom. The second-order valence-corrected chi connectivity index (χ2v) is 20.9. The number of benzene rings is 6. The third-order valence-electron chi connectivity index (χ3n) is 15.2. The van der Waals surface area contributed by atoms with Crippen molar-refractivity contribution < 1.29 is 0 Å². The van der Waals surface area contributed by atoms with E-state index in [1.165, 1.54) is 106 Å². The van der Waals surface area contributed by atoms with Gasteiger partial charge in [-0.3, -0.25) is 0 Å². The van der Waals surface area contributed by atoms with Crippen molar-refractivity contribution in [2.45, 2.75) is 99.3 Å². The third kappa shape index (κ3) is 9.61. The van der Waals surface area contributed by atoms with Crippen LogP contribution in [0.15, 0.2) is 223 Å². The Morgan fingerprint density at radius 2 is 1.10 bits per heavy atom. The zero-order valence-corrected chi connectivity index (χ0v) is 43.7. The number of allylic oxidation sites excluding steroid dienone is 16. The first-order chi connectivity index (χ1) is 34.2. The van der Waals surface area contributed by atoms with E-state index in [1.54, 1.807) is 0 Å². The molecular formula is C69H70N2. The molecule has 0 unspecified atom stereocenters. The van der Waals surface area contributed by atoms with Gasteiger partial charge >= 0.3 is 0 Å². The molecule has 0 aliphatic heterocycles. The molecule has 6 aromatic rings. The van der Waals surface area contributed by atoms with E-state index in [4.69, 9.17) is 0 Å². The van der Waals surface area contributed by atoms with Crippen molar-refractivity contribution >= 4 is 45.0 Å². The molecule has 0 fully saturated rings. The Labute approximate surface area is 425 Å². The van der Waals surface area contributed by atoms with Gasteiger partial charge in [-0.2, -0.15) is 0 Å². The quantitative estimate of drug-likeness (QED) is 0.100. The second-order valence-electron chi connectivity index (χ2n) is 20.9. The van der Waals surface area contributed by atoms with E-state index in [9.17, 15) is 0 Å². The lowest BCUT2D eigenvalue weighted by molar-refractivity contribution is 0.653. The molecule has 71 heavy (non-hydrogen) atoms. The van der Waals surface area contributed by atoms with E-state index < -0.39 is 0 Å². The van der Waals surface area contributed by atoms with E-state index >= 15 is 0 Å². The lowest BCUT2D eigenvalue weighted by Crippen LogP contribution is -2.20. The van der Waals surface area contributed by atoms with Gasteiger partial charge in [0.15, 0.2) is 0 Å². The van der Waals surface area contributed by atoms with Gasteiger partial charge in [0, 0.05) is 45.5 Å². The molecule has 0 heterocycles. The minimum atomic E-state index is -0.209. The van der Waals surface area contributed by atoms with Crippen LogP contribution in [0.2, 0.25) is 0 Å². The van der Waals surface area contributed by atoms with E-state index in [1.807, 2.05) is 6.08 Å². The van der Waals surface area contributed by atoms with E-state index in [2.05, 4.69) is 274 Å². The van der Waals surface area contributed by atoms with Crippen LogP contribution in [0, 0.1) is 0 Å². The molecule has 2 nitrogen and oxygen atoms in total. The molecule has 0 N–H and O–H groups in total. The SMILES string of the molecule is C=CC1=C(/C=C/N(c2ccccc2)c2ccc(C3=CC=C(N(c4ccccc4)c4ccc5c(c4)C(C)(C)c4cc(/C(C)=C/C=C(/C)CC)ccc4-5)CC3)cc2)C(C)(C)c2cc(/C(C)=C/C=C(C)C)ccc21. The molecule has 9 rings (SSSR count). The van der Waals surface area contributed by atoms with Gasteiger partial charge in [0.2, 0.25) is 0 Å². The van der Waals surface area contributed by atoms with Crippen LogP contribution in [-0.4, -0.2) is 0 Å². The summed E-state index contributed by atoms with van der Waals surface area (Å²) in [5.74, 6) is 0. The van der Waals surface area contributed by atoms with Gasteiger partial charge in [0.05, 0.1) is 0 Å². The Balaban J connectivity index is 0.994. The molecule has 3 aliphatic rings. The largest absolute Gasteiger partial charge is 0.317 e. The van der Waals surface area contributed by atoms with Gasteiger partial charge in [-0.15, -0.1) is 0 Å². The zero-order chi connectivity index (χ0) is 50.0. The van der Waals surface area contributed by atoms with Crippen LogP contribution in [-0.2, 0) is 10.8 Å². The molecule has 356 valence electrons. The van der Waals surface area contributed by atoms with Gasteiger partial charge in [-0.25, -0.2) is 0 Å². The highest BCUT2D eigenvalue weighted by molar-refractivity contribution is 5.89. The highest BCUT2D eigenvalue weighted by Crippen LogP contribution is 2.52. The fraction of sp³-hybridized carbons (Fsp3) is 0.217. The van der Waals surface area contributed by atoms with Crippen molar-refractivity contribution in [3.05, 3.63) is 262 Å². The van der Waals surface area contributed by atoms with Gasteiger partial charge in [-0.1, -0.05) is 168 Å². The molecule has 0 aromatic heterocycles. The number of para-hydroxylation sites is 2. The number of nitrogens with zero attached hydrogens (tertiary/aromatic N) is 2. The highest BCUT2D eigenvalue weighted by Gasteiger charge is 2.37. The fourth-order valence-corrected chi connectivity index (χ4v) is 10.7. The normalized spacial score (nSPS) is 16.0. The molecule has 0 atom stereocenters. The van der Waals surface area contributed by atoms with Gasteiger partial charge in [0.25, 0.3) is 0 Å². The summed E-state index contributed by atoms with van der Waals surface area (Å²) in [6.45, 7) is 26.9. The summed E-state index contributed by atoms with van der Waals surface area (Å²) in [4.78, 5) is 4.78. The van der Waals surface area contributed by atoms with Crippen molar-refractivity contribution in [1.29, 1.82) is 0 Å². The van der Waals surface area contributed by atoms with Crippen LogP contribution >= 0.6 is 0 Å². The van der Waals surface area contributed by atoms with Crippen LogP contribution in [0.3, 0.4) is 0 Å². The van der Waals surface area contributed by atoms with E-state index in [-0.39, 0.29) is 10.8 Å². The first kappa shape index (κ1) is 48.6. The van der Waals surface area contributed by atoms with Gasteiger partial charge in [-0.05, 0) is 205 Å². The molecule has 6 aromatic carbocycles. The maximum absolute atomic E-state index is 4.31. The first-order valence-electron chi connectivity index (χ1n) is 25.6. The number of rotatable bonds is 14. The van der Waals surface area contributed by atoms with Crippen LogP contribution in [0.5, 0.6) is 0 Å². The fourth-order valence-electron chi connectivity index (χ4n) is 10.7. The van der Waals surface area contributed by atoms with Crippen molar-refractivity contribution in [3.63, 3.8) is 0 Å². The third-order valence-corrected chi connectivity index (χ3v) is 15.2. The average molecular weight is 927 g/mol. The lowest BCUT2D eigenvalue weighted by Gasteiger charge is -2.31. The van der Waals surface area contributed by atoms with Crippen LogP contribution in [0.4, 0.5) is 22.7 Å². The monoisotopic (exact) mass is 927 g/mol. The Morgan fingerprint density at radius 3 is 1.69 bits per heavy atom. The summed E-state index contributed by atoms with van der Waals surface area (Å²) < 4.78 is 0. The molecule has 0 saturated heterocycles. The van der Waals surface area contributed by atoms with Crippen LogP contribution in [0.1, 0.15) is 127 Å². The van der Waals surface area contributed by atoms with Gasteiger partial charge in [0.1, 0.15) is 0 Å². The molecule has 0 radical (unpaired) electrons. The van der Waals surface area contributed by atoms with Gasteiger partial charge < -0.3 is 9.80 Å². The molecule has 0 bridgehead atoms. The summed E-state index contributed by atoms with van der Waals surface area (Å²) in [6.07, 6.45) is 23.2. The van der Waals surface area contributed by atoms with Crippen molar-refractivity contribution in [3.8, 4) is 11.1 Å². The predicted molar refractivity (Wildman–Crippen MR) is 309 cm³/mol. The summed E-state index contributed by atoms with van der Waals surface area (Å²) in [5.41, 5.74) is 26.4. The predicted octanol–water partition coefficient (Wildman–Crippen LogP) is 19.6. The summed E-state index contributed by atoms with van der Waals surface area (Å²) in [6, 6.07) is 51.8. The van der Waals surface area contributed by atoms with E-state index in [0.29, 0.717) is 0 Å². The zero-order valence-electron chi connectivity index (χ0n) is 43.7. The maximum atomic E-state index is 4.31. The average Bonchev–Trinajstić information content (AvgIpc) is 3.75. The highest BCUT2D eigenvalue weighted by atomic mass is 15.1. The second kappa shape index (κ2) is 20.1. The van der Waals surface area contributed by atoms with Crippen molar-refractivity contribution in [2.24, 2.45) is 0 Å².